The lowest BCUT2D eigenvalue weighted by molar-refractivity contribution is -0.227. The maximum absolute atomic E-state index is 13.2. The average Bonchev–Trinajstić information content (AvgIpc) is 3.63. The lowest BCUT2D eigenvalue weighted by Crippen LogP contribution is -2.36. The number of H-pyrrole nitrogens is 1. The van der Waals surface area contributed by atoms with Crippen LogP contribution in [0.15, 0.2) is 18.2 Å². The molecule has 0 unspecified atom stereocenters. The van der Waals surface area contributed by atoms with Gasteiger partial charge in [-0.15, -0.1) is 0 Å². The monoisotopic (exact) mass is 499 g/mol. The number of rotatable bonds is 9. The van der Waals surface area contributed by atoms with E-state index in [0.29, 0.717) is 29.4 Å². The highest BCUT2D eigenvalue weighted by atomic mass is 19.4. The Morgan fingerprint density at radius 2 is 2.03 bits per heavy atom. The van der Waals surface area contributed by atoms with E-state index in [1.54, 1.807) is 18.2 Å². The molecular weight excluding hydrogens is 473 g/mol. The van der Waals surface area contributed by atoms with Crippen LogP contribution < -0.4 is 11.1 Å². The molecule has 2 fully saturated rings. The summed E-state index contributed by atoms with van der Waals surface area (Å²) >= 11 is 0. The van der Waals surface area contributed by atoms with Crippen molar-refractivity contribution in [2.24, 2.45) is 17.1 Å². The number of hydrogen-bond donors (Lipinski definition) is 3. The van der Waals surface area contributed by atoms with Crippen LogP contribution in [-0.2, 0) is 9.53 Å². The van der Waals surface area contributed by atoms with Crippen molar-refractivity contribution in [2.75, 3.05) is 0 Å². The summed E-state index contributed by atoms with van der Waals surface area (Å²) in [6, 6.07) is 5.57. The van der Waals surface area contributed by atoms with E-state index >= 15 is 0 Å². The number of benzene rings is 1. The molecule has 1 amide bonds. The molecule has 5 atom stereocenters. The number of aromatic nitrogens is 2. The Morgan fingerprint density at radius 3 is 2.57 bits per heavy atom. The van der Waals surface area contributed by atoms with Gasteiger partial charge in [0.05, 0.1) is 40.7 Å². The average molecular weight is 499 g/mol. The fourth-order valence-corrected chi connectivity index (χ4v) is 4.17. The minimum absolute atomic E-state index is 0.219. The quantitative estimate of drug-likeness (QED) is 0.442. The van der Waals surface area contributed by atoms with E-state index in [9.17, 15) is 32.0 Å². The number of alkyl halides is 5. The Bertz CT molecular complexity index is 1150. The number of nitrogens with zero attached hydrogens (tertiary/aromatic N) is 2. The number of nitriles is 1. The number of ether oxygens (including phenoxy) is 1. The molecule has 190 valence electrons. The van der Waals surface area contributed by atoms with Crippen molar-refractivity contribution < 1.29 is 31.5 Å². The van der Waals surface area contributed by atoms with Crippen LogP contribution in [0.5, 0.6) is 0 Å². The maximum Gasteiger partial charge on any atom is 0.414 e. The molecule has 35 heavy (non-hydrogen) atoms. The maximum atomic E-state index is 13.2. The minimum atomic E-state index is -4.52. The van der Waals surface area contributed by atoms with Crippen LogP contribution in [0, 0.1) is 22.7 Å². The summed E-state index contributed by atoms with van der Waals surface area (Å²) in [7, 11) is 0. The van der Waals surface area contributed by atoms with E-state index in [-0.39, 0.29) is 18.7 Å². The second kappa shape index (κ2) is 8.71. The molecular formula is C23H26F5N5O2. The number of aromatic amines is 1. The standard InChI is InChI=1S/C23H26F5N5O2/c1-11(35-12(2)23(26,27)28)18(30)20-31-15-4-3-13(7-16(15)32-20)19(21(10-29)5-6-21)33-17(34)8-14-9-22(14,24)25/h3-4,7,11-12,14,18-19H,5-6,8-9,30H2,1-2H3,(H,31,32)(H,33,34)/t11-,12-,14+,18+,19+/m1/s1. The molecule has 7 nitrogen and oxygen atoms in total. The zero-order valence-electron chi connectivity index (χ0n) is 19.1. The van der Waals surface area contributed by atoms with Crippen molar-refractivity contribution in [2.45, 2.75) is 75.9 Å². The van der Waals surface area contributed by atoms with Crippen LogP contribution in [-0.4, -0.2) is 40.2 Å². The van der Waals surface area contributed by atoms with E-state index in [1.165, 1.54) is 6.92 Å². The summed E-state index contributed by atoms with van der Waals surface area (Å²) < 4.78 is 69.9. The van der Waals surface area contributed by atoms with Gasteiger partial charge in [-0.25, -0.2) is 13.8 Å². The predicted molar refractivity (Wildman–Crippen MR) is 115 cm³/mol. The van der Waals surface area contributed by atoms with Crippen LogP contribution in [0.3, 0.4) is 0 Å². The third-order valence-electron chi connectivity index (χ3n) is 6.82. The Hall–Kier alpha value is -2.78. The SMILES string of the molecule is C[C@@H](O[C@H](C)C(F)(F)F)[C@H](N)c1nc2ccc([C@H](NC(=O)C[C@H]3CC3(F)F)C3(C#N)CC3)cc2[nH]1. The van der Waals surface area contributed by atoms with Gasteiger partial charge in [0.25, 0.3) is 5.92 Å². The normalized spacial score (nSPS) is 23.7. The predicted octanol–water partition coefficient (Wildman–Crippen LogP) is 4.42. The number of fused-ring (bicyclic) bond motifs is 1. The molecule has 12 heteroatoms. The van der Waals surface area contributed by atoms with E-state index in [0.717, 1.165) is 6.92 Å². The number of imidazole rings is 1. The molecule has 0 bridgehead atoms. The van der Waals surface area contributed by atoms with E-state index in [4.69, 9.17) is 10.5 Å². The molecule has 0 aliphatic heterocycles. The number of carbonyl (C=O) groups is 1. The third-order valence-corrected chi connectivity index (χ3v) is 6.82. The molecule has 0 spiro atoms. The van der Waals surface area contributed by atoms with Crippen LogP contribution in [0.4, 0.5) is 22.0 Å². The number of hydrogen-bond acceptors (Lipinski definition) is 5. The third kappa shape index (κ3) is 5.26. The first-order valence-electron chi connectivity index (χ1n) is 11.3. The highest BCUT2D eigenvalue weighted by Gasteiger charge is 2.58. The summed E-state index contributed by atoms with van der Waals surface area (Å²) in [4.78, 5) is 19.8. The summed E-state index contributed by atoms with van der Waals surface area (Å²) in [5, 5.41) is 12.5. The lowest BCUT2D eigenvalue weighted by Gasteiger charge is -2.24. The topological polar surface area (TPSA) is 117 Å². The fraction of sp³-hybridized carbons (Fsp3) is 0.609. The number of nitrogens with one attached hydrogen (secondary N) is 2. The molecule has 1 heterocycles. The number of halogens is 5. The van der Waals surface area contributed by atoms with Crippen LogP contribution in [0.25, 0.3) is 11.0 Å². The van der Waals surface area contributed by atoms with Gasteiger partial charge >= 0.3 is 6.18 Å². The fourth-order valence-electron chi connectivity index (χ4n) is 4.17. The Labute approximate surface area is 198 Å². The van der Waals surface area contributed by atoms with Crippen molar-refractivity contribution >= 4 is 16.9 Å². The number of nitrogens with two attached hydrogens (primary N) is 1. The van der Waals surface area contributed by atoms with E-state index in [1.807, 2.05) is 0 Å². The molecule has 2 aliphatic carbocycles. The molecule has 2 aliphatic rings. The zero-order valence-corrected chi connectivity index (χ0v) is 19.1. The molecule has 0 saturated heterocycles. The minimum Gasteiger partial charge on any atom is -0.364 e. The van der Waals surface area contributed by atoms with Crippen LogP contribution >= 0.6 is 0 Å². The highest BCUT2D eigenvalue weighted by molar-refractivity contribution is 5.79. The lowest BCUT2D eigenvalue weighted by atomic mass is 9.90. The smallest absolute Gasteiger partial charge is 0.364 e. The van der Waals surface area contributed by atoms with E-state index < -0.39 is 53.6 Å². The van der Waals surface area contributed by atoms with Crippen LogP contribution in [0.1, 0.15) is 63.0 Å². The van der Waals surface area contributed by atoms with Crippen molar-refractivity contribution in [3.8, 4) is 6.07 Å². The first kappa shape index (κ1) is 25.3. The molecule has 2 aromatic rings. The molecule has 1 aromatic carbocycles. The van der Waals surface area contributed by atoms with Crippen molar-refractivity contribution in [1.82, 2.24) is 15.3 Å². The summed E-state index contributed by atoms with van der Waals surface area (Å²) in [6.07, 6.45) is -7.04. The Balaban J connectivity index is 1.53. The first-order chi connectivity index (χ1) is 16.3. The molecule has 0 radical (unpaired) electrons. The van der Waals surface area contributed by atoms with Gasteiger partial charge in [-0.2, -0.15) is 18.4 Å². The van der Waals surface area contributed by atoms with Gasteiger partial charge < -0.3 is 20.8 Å². The Morgan fingerprint density at radius 1 is 1.37 bits per heavy atom. The van der Waals surface area contributed by atoms with E-state index in [2.05, 4.69) is 21.4 Å². The van der Waals surface area contributed by atoms with Crippen molar-refractivity contribution in [3.63, 3.8) is 0 Å². The molecule has 1 aromatic heterocycles. The van der Waals surface area contributed by atoms with Gasteiger partial charge in [0.2, 0.25) is 5.91 Å². The summed E-state index contributed by atoms with van der Waals surface area (Å²) in [5.74, 6) is -4.13. The highest BCUT2D eigenvalue weighted by Crippen LogP contribution is 2.55. The summed E-state index contributed by atoms with van der Waals surface area (Å²) in [6.45, 7) is 2.32. The van der Waals surface area contributed by atoms with Crippen LogP contribution in [0.2, 0.25) is 0 Å². The van der Waals surface area contributed by atoms with Gasteiger partial charge in [0, 0.05) is 18.8 Å². The van der Waals surface area contributed by atoms with Gasteiger partial charge in [-0.1, -0.05) is 6.07 Å². The second-order valence-electron chi connectivity index (χ2n) is 9.58. The number of amides is 1. The van der Waals surface area contributed by atoms with Gasteiger partial charge in [-0.3, -0.25) is 4.79 Å². The van der Waals surface area contributed by atoms with Gasteiger partial charge in [-0.05, 0) is 44.4 Å². The molecule has 4 rings (SSSR count). The van der Waals surface area contributed by atoms with Gasteiger partial charge in [0.1, 0.15) is 5.82 Å². The molecule has 4 N–H and O–H groups in total. The molecule has 2 saturated carbocycles. The zero-order chi connectivity index (χ0) is 25.8. The second-order valence-corrected chi connectivity index (χ2v) is 9.58. The first-order valence-corrected chi connectivity index (χ1v) is 11.3. The number of carbonyl (C=O) groups excluding carboxylic acids is 1. The Kier molecular flexibility index (Phi) is 6.30. The van der Waals surface area contributed by atoms with Crippen molar-refractivity contribution in [1.29, 1.82) is 5.26 Å². The summed E-state index contributed by atoms with van der Waals surface area (Å²) in [5.41, 5.74) is 6.84. The van der Waals surface area contributed by atoms with Gasteiger partial charge in [0.15, 0.2) is 6.10 Å². The largest absolute Gasteiger partial charge is 0.414 e. The van der Waals surface area contributed by atoms with Crippen molar-refractivity contribution in [3.05, 3.63) is 29.6 Å².